The molecule has 1 heterocycles. The quantitative estimate of drug-likeness (QED) is 0.801. The van der Waals surface area contributed by atoms with Crippen LogP contribution in [0.5, 0.6) is 5.75 Å². The molecule has 25 heavy (non-hydrogen) atoms. The molecule has 0 radical (unpaired) electrons. The molecule has 0 spiro atoms. The van der Waals surface area contributed by atoms with Crippen LogP contribution < -0.4 is 4.74 Å². The topological polar surface area (TPSA) is 79.6 Å². The lowest BCUT2D eigenvalue weighted by molar-refractivity contribution is 0.0734. The Morgan fingerprint density at radius 2 is 2.08 bits per heavy atom. The maximum absolute atomic E-state index is 12.6. The third-order valence-electron chi connectivity index (χ3n) is 4.00. The first-order chi connectivity index (χ1) is 12.0. The van der Waals surface area contributed by atoms with Gasteiger partial charge in [0.25, 0.3) is 0 Å². The summed E-state index contributed by atoms with van der Waals surface area (Å²) in [6.07, 6.45) is 4.93. The highest BCUT2D eigenvalue weighted by molar-refractivity contribution is 7.93. The highest BCUT2D eigenvalue weighted by atomic mass is 35.5. The molecule has 1 fully saturated rings. The van der Waals surface area contributed by atoms with Gasteiger partial charge >= 0.3 is 0 Å². The monoisotopic (exact) mass is 380 g/mol. The van der Waals surface area contributed by atoms with Crippen molar-refractivity contribution in [1.82, 2.24) is 4.31 Å². The normalized spacial score (nSPS) is 21.4. The van der Waals surface area contributed by atoms with Crippen molar-refractivity contribution in [2.45, 2.75) is 12.5 Å². The third-order valence-corrected chi connectivity index (χ3v) is 6.26. The van der Waals surface area contributed by atoms with Gasteiger partial charge in [-0.3, -0.25) is 0 Å². The van der Waals surface area contributed by atoms with Crippen molar-refractivity contribution in [3.05, 3.63) is 51.9 Å². The highest BCUT2D eigenvalue weighted by Crippen LogP contribution is 2.28. The Hall–Kier alpha value is -1.85. The van der Waals surface area contributed by atoms with E-state index >= 15 is 0 Å². The predicted octanol–water partition coefficient (Wildman–Crippen LogP) is 2.46. The van der Waals surface area contributed by atoms with Crippen molar-refractivity contribution in [3.8, 4) is 11.8 Å². The lowest BCUT2D eigenvalue weighted by atomic mass is 10.1. The lowest BCUT2D eigenvalue weighted by Crippen LogP contribution is -2.41. The Kier molecular flexibility index (Phi) is 5.45. The van der Waals surface area contributed by atoms with E-state index in [0.717, 1.165) is 0 Å². The Morgan fingerprint density at radius 1 is 1.32 bits per heavy atom. The summed E-state index contributed by atoms with van der Waals surface area (Å²) in [7, 11) is -3.50. The molecule has 0 saturated carbocycles. The zero-order valence-electron chi connectivity index (χ0n) is 13.4. The number of halogens is 1. The summed E-state index contributed by atoms with van der Waals surface area (Å²) in [4.78, 5) is 0.265. The molecule has 3 rings (SSSR count). The largest absolute Gasteiger partial charge is 0.485 e. The second-order valence-electron chi connectivity index (χ2n) is 5.60. The molecule has 2 aliphatic rings. The van der Waals surface area contributed by atoms with E-state index in [1.54, 1.807) is 36.4 Å². The van der Waals surface area contributed by atoms with Gasteiger partial charge in [0.1, 0.15) is 23.5 Å². The van der Waals surface area contributed by atoms with E-state index in [0.29, 0.717) is 43.5 Å². The van der Waals surface area contributed by atoms with E-state index in [9.17, 15) is 13.7 Å². The summed E-state index contributed by atoms with van der Waals surface area (Å²) >= 11 is 5.99. The Balaban J connectivity index is 1.70. The molecule has 132 valence electrons. The molecule has 1 aliphatic heterocycles. The summed E-state index contributed by atoms with van der Waals surface area (Å²) in [5.74, 6) is 0.387. The number of sulfonamides is 1. The summed E-state index contributed by atoms with van der Waals surface area (Å²) in [6, 6.07) is 7.01. The van der Waals surface area contributed by atoms with Crippen LogP contribution in [0.3, 0.4) is 0 Å². The van der Waals surface area contributed by atoms with Crippen LogP contribution in [-0.4, -0.2) is 45.1 Å². The molecule has 0 bridgehead atoms. The molecule has 0 aromatic heterocycles. The number of rotatable bonds is 4. The fourth-order valence-corrected chi connectivity index (χ4v) is 4.36. The van der Waals surface area contributed by atoms with Crippen LogP contribution in [0.15, 0.2) is 41.3 Å². The molecule has 0 N–H and O–H groups in total. The number of hydrogen-bond donors (Lipinski definition) is 0. The molecule has 6 nitrogen and oxygen atoms in total. The molecule has 1 atom stereocenters. The lowest BCUT2D eigenvalue weighted by Gasteiger charge is -2.27. The number of nitriles is 1. The number of benzene rings is 1. The van der Waals surface area contributed by atoms with Gasteiger partial charge in [-0.25, -0.2) is 8.42 Å². The fourth-order valence-electron chi connectivity index (χ4n) is 2.67. The molecular weight excluding hydrogens is 364 g/mol. The Morgan fingerprint density at radius 3 is 2.72 bits per heavy atom. The zero-order valence-corrected chi connectivity index (χ0v) is 15.0. The van der Waals surface area contributed by atoms with Crippen LogP contribution in [0.4, 0.5) is 0 Å². The average Bonchev–Trinajstić information content (AvgIpc) is 2.63. The van der Waals surface area contributed by atoms with Gasteiger partial charge in [-0.1, -0.05) is 23.7 Å². The van der Waals surface area contributed by atoms with Crippen LogP contribution in [-0.2, 0) is 14.8 Å². The van der Waals surface area contributed by atoms with E-state index in [1.807, 2.05) is 6.07 Å². The van der Waals surface area contributed by atoms with Crippen LogP contribution in [0.25, 0.3) is 0 Å². The summed E-state index contributed by atoms with van der Waals surface area (Å²) in [6.45, 7) is 1.55. The molecule has 1 aliphatic carbocycles. The van der Waals surface area contributed by atoms with Gasteiger partial charge in [0.05, 0.1) is 23.1 Å². The van der Waals surface area contributed by atoms with Crippen LogP contribution >= 0.6 is 11.6 Å². The van der Waals surface area contributed by atoms with Gasteiger partial charge < -0.3 is 9.47 Å². The average molecular weight is 381 g/mol. The number of allylic oxidation sites excluding steroid dienone is 1. The van der Waals surface area contributed by atoms with E-state index in [1.165, 1.54) is 4.31 Å². The Bertz CT molecular complexity index is 852. The minimum atomic E-state index is -3.50. The van der Waals surface area contributed by atoms with Crippen molar-refractivity contribution in [1.29, 1.82) is 5.26 Å². The summed E-state index contributed by atoms with van der Waals surface area (Å²) in [5.41, 5.74) is 0.272. The molecule has 1 saturated heterocycles. The van der Waals surface area contributed by atoms with Crippen molar-refractivity contribution in [2.24, 2.45) is 0 Å². The maximum atomic E-state index is 12.6. The molecule has 0 amide bonds. The van der Waals surface area contributed by atoms with E-state index in [4.69, 9.17) is 21.1 Å². The summed E-state index contributed by atoms with van der Waals surface area (Å²) < 4.78 is 37.6. The molecular formula is C17H17ClN2O4S. The standard InChI is InChI=1S/C17H17ClN2O4S/c18-16-2-1-3-17(15(16)12-19)24-13-4-6-14(7-5-13)25(21,22)20-8-10-23-11-9-20/h1-4,6-7,13H,5,8-11H2. The van der Waals surface area contributed by atoms with Crippen LogP contribution in [0.1, 0.15) is 12.0 Å². The van der Waals surface area contributed by atoms with E-state index in [-0.39, 0.29) is 16.6 Å². The van der Waals surface area contributed by atoms with Crippen molar-refractivity contribution < 1.29 is 17.9 Å². The molecule has 1 unspecified atom stereocenters. The van der Waals surface area contributed by atoms with Gasteiger partial charge in [0.15, 0.2) is 0 Å². The molecule has 8 heteroatoms. The first kappa shape index (κ1) is 18.0. The minimum Gasteiger partial charge on any atom is -0.485 e. The van der Waals surface area contributed by atoms with E-state index < -0.39 is 10.0 Å². The number of ether oxygens (including phenoxy) is 2. The van der Waals surface area contributed by atoms with Gasteiger partial charge in [-0.15, -0.1) is 0 Å². The first-order valence-corrected chi connectivity index (χ1v) is 9.65. The van der Waals surface area contributed by atoms with Crippen LogP contribution in [0.2, 0.25) is 5.02 Å². The second-order valence-corrected chi connectivity index (χ2v) is 7.94. The van der Waals surface area contributed by atoms with Crippen molar-refractivity contribution in [2.75, 3.05) is 26.3 Å². The highest BCUT2D eigenvalue weighted by Gasteiger charge is 2.28. The fraction of sp³-hybridized carbons (Fsp3) is 0.353. The van der Waals surface area contributed by atoms with E-state index in [2.05, 4.69) is 0 Å². The second kappa shape index (κ2) is 7.58. The van der Waals surface area contributed by atoms with Crippen LogP contribution in [0, 0.1) is 11.3 Å². The maximum Gasteiger partial charge on any atom is 0.242 e. The SMILES string of the molecule is N#Cc1c(Cl)cccc1OC1C=CC(S(=O)(=O)N2CCOCC2)=CC1. The number of morpholine rings is 1. The van der Waals surface area contributed by atoms with Gasteiger partial charge in [0, 0.05) is 19.5 Å². The van der Waals surface area contributed by atoms with Crippen molar-refractivity contribution in [3.63, 3.8) is 0 Å². The number of hydrogen-bond acceptors (Lipinski definition) is 5. The first-order valence-electron chi connectivity index (χ1n) is 7.84. The minimum absolute atomic E-state index is 0.265. The molecule has 1 aromatic carbocycles. The smallest absolute Gasteiger partial charge is 0.242 e. The van der Waals surface area contributed by atoms with Gasteiger partial charge in [-0.2, -0.15) is 9.57 Å². The number of nitrogens with zero attached hydrogens (tertiary/aromatic N) is 2. The third kappa shape index (κ3) is 3.88. The zero-order chi connectivity index (χ0) is 17.9. The summed E-state index contributed by atoms with van der Waals surface area (Å²) in [5, 5.41) is 9.51. The molecule has 1 aromatic rings. The Labute approximate surface area is 151 Å². The van der Waals surface area contributed by atoms with Crippen molar-refractivity contribution >= 4 is 21.6 Å². The predicted molar refractivity (Wildman–Crippen MR) is 93.7 cm³/mol. The van der Waals surface area contributed by atoms with Gasteiger partial charge in [0.2, 0.25) is 10.0 Å². The van der Waals surface area contributed by atoms with Gasteiger partial charge in [-0.05, 0) is 24.3 Å².